The van der Waals surface area contributed by atoms with Gasteiger partial charge < -0.3 is 0 Å². The van der Waals surface area contributed by atoms with Crippen molar-refractivity contribution >= 4 is 13.3 Å². The Morgan fingerprint density at radius 3 is 1.20 bits per heavy atom. The molecule has 0 aliphatic heterocycles. The average molecular weight is 610 g/mol. The van der Waals surface area contributed by atoms with Crippen LogP contribution in [0.25, 0.3) is 67.5 Å². The predicted molar refractivity (Wildman–Crippen MR) is 195 cm³/mol. The van der Waals surface area contributed by atoms with Crippen LogP contribution in [0.15, 0.2) is 158 Å². The quantitative estimate of drug-likeness (QED) is 0.169. The molecule has 1 aromatic heterocycles. The van der Waals surface area contributed by atoms with Crippen molar-refractivity contribution < 1.29 is 0 Å². The van der Waals surface area contributed by atoms with E-state index in [-0.39, 0.29) is 0 Å². The molecule has 0 unspecified atom stereocenters. The number of rotatable bonds is 7. The summed E-state index contributed by atoms with van der Waals surface area (Å²) in [7, 11) is -1.42. The second-order valence-electron chi connectivity index (χ2n) is 12.6. The normalized spacial score (nSPS) is 11.4. The first kappa shape index (κ1) is 29.3. The van der Waals surface area contributed by atoms with Crippen LogP contribution >= 0.6 is 0 Å². The molecule has 0 amide bonds. The summed E-state index contributed by atoms with van der Waals surface area (Å²) in [6.45, 7) is 7.18. The molecule has 0 saturated carbocycles. The minimum Gasteiger partial charge on any atom is -0.208 e. The van der Waals surface area contributed by atoms with Gasteiger partial charge in [-0.2, -0.15) is 0 Å². The third kappa shape index (κ3) is 6.34. The van der Waals surface area contributed by atoms with Crippen molar-refractivity contribution in [2.24, 2.45) is 0 Å². The van der Waals surface area contributed by atoms with Gasteiger partial charge in [0, 0.05) is 16.7 Å². The van der Waals surface area contributed by atoms with Crippen LogP contribution in [-0.2, 0) is 0 Å². The molecule has 1 heterocycles. The van der Waals surface area contributed by atoms with Gasteiger partial charge in [-0.1, -0.05) is 170 Å². The maximum atomic E-state index is 5.02. The summed E-state index contributed by atoms with van der Waals surface area (Å²) in [5.41, 5.74) is 9.95. The van der Waals surface area contributed by atoms with Crippen LogP contribution in [0.2, 0.25) is 19.6 Å². The van der Waals surface area contributed by atoms with Crippen LogP contribution in [0.4, 0.5) is 0 Å². The van der Waals surface area contributed by atoms with E-state index in [2.05, 4.69) is 141 Å². The van der Waals surface area contributed by atoms with E-state index in [1.165, 1.54) is 21.9 Å². The monoisotopic (exact) mass is 609 g/mol. The van der Waals surface area contributed by atoms with E-state index in [0.717, 1.165) is 33.4 Å². The zero-order valence-electron chi connectivity index (χ0n) is 26.4. The Hall–Kier alpha value is -5.45. The number of nitrogens with zero attached hydrogens (tertiary/aromatic N) is 3. The van der Waals surface area contributed by atoms with Crippen LogP contribution in [0.3, 0.4) is 0 Å². The van der Waals surface area contributed by atoms with E-state index in [4.69, 9.17) is 15.0 Å². The maximum Gasteiger partial charge on any atom is 0.164 e. The molecule has 0 bridgehead atoms. The smallest absolute Gasteiger partial charge is 0.164 e. The van der Waals surface area contributed by atoms with Gasteiger partial charge in [0.25, 0.3) is 0 Å². The van der Waals surface area contributed by atoms with Gasteiger partial charge in [0.1, 0.15) is 0 Å². The lowest BCUT2D eigenvalue weighted by molar-refractivity contribution is 1.07. The van der Waals surface area contributed by atoms with Crippen LogP contribution in [-0.4, -0.2) is 23.0 Å². The third-order valence-corrected chi connectivity index (χ3v) is 10.3. The molecule has 222 valence electrons. The Labute approximate surface area is 272 Å². The summed E-state index contributed by atoms with van der Waals surface area (Å²) in [6.07, 6.45) is 0. The molecule has 0 atom stereocenters. The Morgan fingerprint density at radius 2 is 0.652 bits per heavy atom. The van der Waals surface area contributed by atoms with E-state index in [1.807, 2.05) is 36.4 Å². The van der Waals surface area contributed by atoms with E-state index in [0.29, 0.717) is 17.5 Å². The second kappa shape index (κ2) is 12.5. The first-order chi connectivity index (χ1) is 22.4. The molecule has 4 heteroatoms. The molecule has 0 radical (unpaired) electrons. The molecule has 7 aromatic rings. The van der Waals surface area contributed by atoms with E-state index in [9.17, 15) is 0 Å². The van der Waals surface area contributed by atoms with Crippen molar-refractivity contribution in [1.29, 1.82) is 0 Å². The lowest BCUT2D eigenvalue weighted by Gasteiger charge is -2.17. The standard InChI is InChI=1S/C42H35N3Si/c1-46(2,3)39-22-12-20-37(29-39)35-18-10-17-34(27-35)36-19-11-21-38(28-36)42-44-40(32-15-8-5-9-16-32)43-41(45-42)33-25-23-31(24-26-33)30-13-6-4-7-14-30/h4-29H,1-3H3. The van der Waals surface area contributed by atoms with Gasteiger partial charge in [-0.25, -0.2) is 15.0 Å². The molecule has 0 aliphatic carbocycles. The van der Waals surface area contributed by atoms with Crippen molar-refractivity contribution in [3.63, 3.8) is 0 Å². The van der Waals surface area contributed by atoms with Gasteiger partial charge in [0.05, 0.1) is 8.07 Å². The molecule has 0 N–H and O–H groups in total. The number of aromatic nitrogens is 3. The van der Waals surface area contributed by atoms with Crippen molar-refractivity contribution in [2.75, 3.05) is 0 Å². The summed E-state index contributed by atoms with van der Waals surface area (Å²) < 4.78 is 0. The van der Waals surface area contributed by atoms with E-state index < -0.39 is 8.07 Å². The Morgan fingerprint density at radius 1 is 0.304 bits per heavy atom. The van der Waals surface area contributed by atoms with Gasteiger partial charge in [-0.15, -0.1) is 0 Å². The highest BCUT2D eigenvalue weighted by molar-refractivity contribution is 6.88. The SMILES string of the molecule is C[Si](C)(C)c1cccc(-c2cccc(-c3cccc(-c4nc(-c5ccccc5)nc(-c5ccc(-c6ccccc6)cc5)n4)c3)c2)c1. The van der Waals surface area contributed by atoms with Gasteiger partial charge in [-0.05, 0) is 45.5 Å². The maximum absolute atomic E-state index is 5.02. The first-order valence-corrected chi connectivity index (χ1v) is 19.2. The summed E-state index contributed by atoms with van der Waals surface area (Å²) >= 11 is 0. The van der Waals surface area contributed by atoms with Crippen LogP contribution in [0.1, 0.15) is 0 Å². The first-order valence-electron chi connectivity index (χ1n) is 15.7. The summed E-state index contributed by atoms with van der Waals surface area (Å²) in [5, 5.41) is 1.46. The van der Waals surface area contributed by atoms with Crippen LogP contribution in [0, 0.1) is 0 Å². The fourth-order valence-corrected chi connectivity index (χ4v) is 6.86. The van der Waals surface area contributed by atoms with Crippen molar-refractivity contribution in [3.8, 4) is 67.5 Å². The average Bonchev–Trinajstić information content (AvgIpc) is 3.12. The number of hydrogen-bond donors (Lipinski definition) is 0. The summed E-state index contributed by atoms with van der Waals surface area (Å²) in [5.74, 6) is 1.96. The fourth-order valence-electron chi connectivity index (χ4n) is 5.67. The van der Waals surface area contributed by atoms with Crippen LogP contribution < -0.4 is 5.19 Å². The zero-order chi connectivity index (χ0) is 31.5. The number of benzene rings is 6. The minimum atomic E-state index is -1.42. The predicted octanol–water partition coefficient (Wildman–Crippen LogP) is 10.4. The molecule has 6 aromatic carbocycles. The van der Waals surface area contributed by atoms with Gasteiger partial charge in [-0.3, -0.25) is 0 Å². The fraction of sp³-hybridized carbons (Fsp3) is 0.0714. The van der Waals surface area contributed by atoms with Gasteiger partial charge in [0.15, 0.2) is 17.5 Å². The zero-order valence-corrected chi connectivity index (χ0v) is 27.4. The molecule has 0 saturated heterocycles. The molecule has 0 aliphatic rings. The molecular weight excluding hydrogens is 575 g/mol. The van der Waals surface area contributed by atoms with E-state index in [1.54, 1.807) is 0 Å². The molecule has 0 fully saturated rings. The van der Waals surface area contributed by atoms with Crippen LogP contribution in [0.5, 0.6) is 0 Å². The number of hydrogen-bond acceptors (Lipinski definition) is 3. The molecule has 46 heavy (non-hydrogen) atoms. The van der Waals surface area contributed by atoms with Crippen molar-refractivity contribution in [3.05, 3.63) is 158 Å². The Bertz CT molecular complexity index is 2120. The highest BCUT2D eigenvalue weighted by atomic mass is 28.3. The molecule has 7 rings (SSSR count). The Balaban J connectivity index is 1.28. The Kier molecular flexibility index (Phi) is 7.96. The molecule has 0 spiro atoms. The summed E-state index contributed by atoms with van der Waals surface area (Å²) in [4.78, 5) is 14.9. The largest absolute Gasteiger partial charge is 0.208 e. The third-order valence-electron chi connectivity index (χ3n) is 8.30. The lowest BCUT2D eigenvalue weighted by Crippen LogP contribution is -2.37. The molecular formula is C42H35N3Si. The highest BCUT2D eigenvalue weighted by Gasteiger charge is 2.17. The second-order valence-corrected chi connectivity index (χ2v) is 17.7. The lowest BCUT2D eigenvalue weighted by atomic mass is 9.98. The summed E-state index contributed by atoms with van der Waals surface area (Å²) in [6, 6.07) is 55.3. The molecule has 3 nitrogen and oxygen atoms in total. The van der Waals surface area contributed by atoms with Crippen molar-refractivity contribution in [2.45, 2.75) is 19.6 Å². The van der Waals surface area contributed by atoms with Gasteiger partial charge >= 0.3 is 0 Å². The van der Waals surface area contributed by atoms with Crippen molar-refractivity contribution in [1.82, 2.24) is 15.0 Å². The minimum absolute atomic E-state index is 0.650. The highest BCUT2D eigenvalue weighted by Crippen LogP contribution is 2.31. The topological polar surface area (TPSA) is 38.7 Å². The van der Waals surface area contributed by atoms with Gasteiger partial charge in [0.2, 0.25) is 0 Å². The van der Waals surface area contributed by atoms with E-state index >= 15 is 0 Å².